The quantitative estimate of drug-likeness (QED) is 0.794. The van der Waals surface area contributed by atoms with Crippen LogP contribution in [0.3, 0.4) is 0 Å². The number of alkyl halides is 1. The van der Waals surface area contributed by atoms with E-state index in [0.29, 0.717) is 6.54 Å². The van der Waals surface area contributed by atoms with Gasteiger partial charge in [0.1, 0.15) is 0 Å². The molecule has 0 aliphatic rings. The van der Waals surface area contributed by atoms with E-state index in [0.717, 1.165) is 22.6 Å². The van der Waals surface area contributed by atoms with Crippen LogP contribution in [0, 0.1) is 6.92 Å². The molecule has 1 heterocycles. The van der Waals surface area contributed by atoms with Gasteiger partial charge in [-0.1, -0.05) is 13.3 Å². The van der Waals surface area contributed by atoms with E-state index in [9.17, 15) is 4.79 Å². The third kappa shape index (κ3) is 4.22. The van der Waals surface area contributed by atoms with Crippen molar-refractivity contribution in [1.29, 1.82) is 0 Å². The third-order valence-electron chi connectivity index (χ3n) is 2.05. The number of halogens is 1. The number of nitrogens with one attached hydrogen (secondary N) is 1. The van der Waals surface area contributed by atoms with Gasteiger partial charge in [-0.3, -0.25) is 4.79 Å². The second kappa shape index (κ2) is 6.13. The molecule has 1 aromatic heterocycles. The molecule has 0 fully saturated rings. The Labute approximate surface area is 99.6 Å². The molecule has 1 unspecified atom stereocenters. The Bertz CT molecular complexity index is 324. The van der Waals surface area contributed by atoms with Crippen LogP contribution in [-0.2, 0) is 0 Å². The molecule has 1 rings (SSSR count). The molecule has 1 amide bonds. The Morgan fingerprint density at radius 2 is 2.33 bits per heavy atom. The van der Waals surface area contributed by atoms with Gasteiger partial charge in [0.2, 0.25) is 0 Å². The molecular weight excluding hydrogens is 230 g/mol. The average molecular weight is 246 g/mol. The maximum atomic E-state index is 11.6. The Morgan fingerprint density at radius 3 is 2.87 bits per heavy atom. The number of carbonyl (C=O) groups is 1. The summed E-state index contributed by atoms with van der Waals surface area (Å²) in [5.41, 5.74) is 0. The first-order valence-electron chi connectivity index (χ1n) is 5.12. The van der Waals surface area contributed by atoms with Gasteiger partial charge in [-0.2, -0.15) is 0 Å². The number of amides is 1. The number of hydrogen-bond donors (Lipinski definition) is 1. The number of carbonyl (C=O) groups excluding carboxylic acids is 1. The van der Waals surface area contributed by atoms with Crippen LogP contribution in [0.4, 0.5) is 0 Å². The summed E-state index contributed by atoms with van der Waals surface area (Å²) in [6, 6.07) is 3.79. The maximum absolute atomic E-state index is 11.6. The smallest absolute Gasteiger partial charge is 0.261 e. The van der Waals surface area contributed by atoms with Crippen LogP contribution in [-0.4, -0.2) is 17.8 Å². The van der Waals surface area contributed by atoms with E-state index in [4.69, 9.17) is 11.6 Å². The molecule has 0 aromatic carbocycles. The molecule has 84 valence electrons. The summed E-state index contributed by atoms with van der Waals surface area (Å²) in [5, 5.41) is 2.88. The summed E-state index contributed by atoms with van der Waals surface area (Å²) in [6.45, 7) is 4.62. The molecule has 0 radical (unpaired) electrons. The normalized spacial score (nSPS) is 12.5. The molecule has 1 aromatic rings. The molecule has 4 heteroatoms. The molecule has 0 aliphatic carbocycles. The lowest BCUT2D eigenvalue weighted by atomic mass is 10.2. The lowest BCUT2D eigenvalue weighted by Crippen LogP contribution is -2.29. The molecular formula is C11H16ClNOS. The molecule has 0 spiro atoms. The summed E-state index contributed by atoms with van der Waals surface area (Å²) in [4.78, 5) is 13.5. The van der Waals surface area contributed by atoms with Crippen molar-refractivity contribution in [3.8, 4) is 0 Å². The highest BCUT2D eigenvalue weighted by Crippen LogP contribution is 2.14. The molecule has 0 aliphatic heterocycles. The van der Waals surface area contributed by atoms with E-state index < -0.39 is 0 Å². The van der Waals surface area contributed by atoms with Crippen LogP contribution in [0.25, 0.3) is 0 Å². The van der Waals surface area contributed by atoms with Crippen LogP contribution >= 0.6 is 22.9 Å². The minimum Gasteiger partial charge on any atom is -0.350 e. The van der Waals surface area contributed by atoms with Gasteiger partial charge < -0.3 is 5.32 Å². The monoisotopic (exact) mass is 245 g/mol. The van der Waals surface area contributed by atoms with E-state index in [-0.39, 0.29) is 11.3 Å². The molecule has 1 atom stereocenters. The zero-order valence-corrected chi connectivity index (χ0v) is 10.6. The van der Waals surface area contributed by atoms with Crippen molar-refractivity contribution < 1.29 is 4.79 Å². The van der Waals surface area contributed by atoms with Crippen molar-refractivity contribution >= 4 is 28.8 Å². The van der Waals surface area contributed by atoms with E-state index >= 15 is 0 Å². The fourth-order valence-electron chi connectivity index (χ4n) is 1.26. The lowest BCUT2D eigenvalue weighted by Gasteiger charge is -2.08. The number of hydrogen-bond acceptors (Lipinski definition) is 2. The predicted octanol–water partition coefficient (Wildman–Crippen LogP) is 3.19. The molecule has 15 heavy (non-hydrogen) atoms. The summed E-state index contributed by atoms with van der Waals surface area (Å²) < 4.78 is 0. The summed E-state index contributed by atoms with van der Waals surface area (Å²) >= 11 is 7.51. The van der Waals surface area contributed by atoms with Crippen molar-refractivity contribution in [2.24, 2.45) is 0 Å². The van der Waals surface area contributed by atoms with Crippen molar-refractivity contribution in [3.05, 3.63) is 21.9 Å². The van der Waals surface area contributed by atoms with Crippen LogP contribution in [0.5, 0.6) is 0 Å². The maximum Gasteiger partial charge on any atom is 0.261 e. The lowest BCUT2D eigenvalue weighted by molar-refractivity contribution is 0.0957. The highest BCUT2D eigenvalue weighted by molar-refractivity contribution is 7.13. The summed E-state index contributed by atoms with van der Waals surface area (Å²) in [6.07, 6.45) is 1.98. The third-order valence-corrected chi connectivity index (χ3v) is 3.42. The summed E-state index contributed by atoms with van der Waals surface area (Å²) in [7, 11) is 0. The van der Waals surface area contributed by atoms with Gasteiger partial charge in [-0.15, -0.1) is 22.9 Å². The second-order valence-electron chi connectivity index (χ2n) is 3.51. The van der Waals surface area contributed by atoms with Crippen molar-refractivity contribution in [2.45, 2.75) is 32.1 Å². The second-order valence-corrected chi connectivity index (χ2v) is 5.41. The van der Waals surface area contributed by atoms with Crippen LogP contribution in [0.15, 0.2) is 12.1 Å². The molecule has 0 saturated carbocycles. The van der Waals surface area contributed by atoms with Gasteiger partial charge in [0.25, 0.3) is 5.91 Å². The van der Waals surface area contributed by atoms with Gasteiger partial charge in [0.15, 0.2) is 0 Å². The van der Waals surface area contributed by atoms with Crippen LogP contribution < -0.4 is 5.32 Å². The highest BCUT2D eigenvalue weighted by atomic mass is 35.5. The molecule has 1 N–H and O–H groups in total. The summed E-state index contributed by atoms with van der Waals surface area (Å²) in [5.74, 6) is -0.0187. The van der Waals surface area contributed by atoms with Crippen molar-refractivity contribution in [2.75, 3.05) is 6.54 Å². The van der Waals surface area contributed by atoms with Gasteiger partial charge in [0.05, 0.1) is 10.3 Å². The Kier molecular flexibility index (Phi) is 5.12. The fraction of sp³-hybridized carbons (Fsp3) is 0.545. The molecule has 0 bridgehead atoms. The zero-order valence-electron chi connectivity index (χ0n) is 9.05. The topological polar surface area (TPSA) is 29.1 Å². The first-order chi connectivity index (χ1) is 7.13. The van der Waals surface area contributed by atoms with E-state index in [1.807, 2.05) is 19.1 Å². The minimum atomic E-state index is -0.0187. The highest BCUT2D eigenvalue weighted by Gasteiger charge is 2.09. The predicted molar refractivity (Wildman–Crippen MR) is 65.9 cm³/mol. The van der Waals surface area contributed by atoms with Crippen molar-refractivity contribution in [1.82, 2.24) is 5.32 Å². The minimum absolute atomic E-state index is 0.0187. The Hall–Kier alpha value is -0.540. The van der Waals surface area contributed by atoms with E-state index in [2.05, 4.69) is 12.2 Å². The fourth-order valence-corrected chi connectivity index (χ4v) is 2.34. The standard InChI is InChI=1S/C11H16ClNOS/c1-3-4-9(12)7-13-11(14)10-6-5-8(2)15-10/h5-6,9H,3-4,7H2,1-2H3,(H,13,14). The molecule has 2 nitrogen and oxygen atoms in total. The van der Waals surface area contributed by atoms with E-state index in [1.54, 1.807) is 0 Å². The first-order valence-corrected chi connectivity index (χ1v) is 6.37. The number of thiophene rings is 1. The average Bonchev–Trinajstić information content (AvgIpc) is 2.62. The Balaban J connectivity index is 2.36. The largest absolute Gasteiger partial charge is 0.350 e. The van der Waals surface area contributed by atoms with Gasteiger partial charge in [-0.25, -0.2) is 0 Å². The SMILES string of the molecule is CCCC(Cl)CNC(=O)c1ccc(C)s1. The number of aryl methyl sites for hydroxylation is 1. The number of rotatable bonds is 5. The van der Waals surface area contributed by atoms with Gasteiger partial charge >= 0.3 is 0 Å². The van der Waals surface area contributed by atoms with Crippen molar-refractivity contribution in [3.63, 3.8) is 0 Å². The first kappa shape index (κ1) is 12.5. The van der Waals surface area contributed by atoms with Gasteiger partial charge in [0, 0.05) is 11.4 Å². The van der Waals surface area contributed by atoms with E-state index in [1.165, 1.54) is 11.3 Å². The van der Waals surface area contributed by atoms with Crippen LogP contribution in [0.1, 0.15) is 34.3 Å². The van der Waals surface area contributed by atoms with Crippen LogP contribution in [0.2, 0.25) is 0 Å². The zero-order chi connectivity index (χ0) is 11.3. The Morgan fingerprint density at radius 1 is 1.60 bits per heavy atom. The van der Waals surface area contributed by atoms with Gasteiger partial charge in [-0.05, 0) is 25.5 Å². The molecule has 0 saturated heterocycles.